The molecule has 1 fully saturated rings. The Bertz CT molecular complexity index is 1390. The molecule has 2 aromatic heterocycles. The second kappa shape index (κ2) is 13.5. The molecule has 15 nitrogen and oxygen atoms in total. The third kappa shape index (κ3) is 7.71. The fraction of sp³-hybridized carbons (Fsp3) is 0.696. The van der Waals surface area contributed by atoms with Crippen LogP contribution in [0.4, 0.5) is 19.1 Å². The molecule has 0 bridgehead atoms. The van der Waals surface area contributed by atoms with E-state index in [1.54, 1.807) is 27.7 Å². The van der Waals surface area contributed by atoms with Gasteiger partial charge in [0, 0.05) is 0 Å². The lowest BCUT2D eigenvalue weighted by molar-refractivity contribution is -0.190. The summed E-state index contributed by atoms with van der Waals surface area (Å²) in [5, 5.41) is 16.1. The number of nitrogen functional groups attached to an aromatic ring is 1. The summed E-state index contributed by atoms with van der Waals surface area (Å²) in [6.45, 7) is 4.12. The van der Waals surface area contributed by atoms with Crippen LogP contribution in [0.1, 0.15) is 47.8 Å². The number of aliphatic hydroxyl groups excluding tert-OH is 1. The van der Waals surface area contributed by atoms with E-state index in [1.807, 2.05) is 0 Å². The highest BCUT2D eigenvalue weighted by molar-refractivity contribution is 8.10. The average molecular weight is 658 g/mol. The summed E-state index contributed by atoms with van der Waals surface area (Å²) in [7, 11) is 0. The van der Waals surface area contributed by atoms with Gasteiger partial charge in [-0.15, -0.1) is 0 Å². The monoisotopic (exact) mass is 657 g/mol. The van der Waals surface area contributed by atoms with Crippen LogP contribution in [0, 0.1) is 0 Å². The van der Waals surface area contributed by atoms with E-state index in [9.17, 15) is 28.3 Å². The number of nitrogens with zero attached hydrogens (tertiary/aromatic N) is 3. The minimum Gasteiger partial charge on any atom is -0.462 e. The van der Waals surface area contributed by atoms with Crippen LogP contribution in [0.5, 0.6) is 0 Å². The number of aliphatic hydroxyl groups is 1. The van der Waals surface area contributed by atoms with E-state index in [0.29, 0.717) is 0 Å². The molecule has 0 aromatic carbocycles. The Labute approximate surface area is 249 Å². The highest BCUT2D eigenvalue weighted by Gasteiger charge is 2.62. The molecular formula is C23H35F3N7O8PS. The van der Waals surface area contributed by atoms with Crippen molar-refractivity contribution in [1.82, 2.24) is 29.7 Å². The summed E-state index contributed by atoms with van der Waals surface area (Å²) in [5.41, 5.74) is 1.22. The summed E-state index contributed by atoms with van der Waals surface area (Å²) in [6, 6.07) is -2.31. The number of nitrogens with two attached hydrogens (primary N) is 1. The van der Waals surface area contributed by atoms with Crippen LogP contribution in [0.3, 0.4) is 0 Å². The Morgan fingerprint density at radius 2 is 1.72 bits per heavy atom. The van der Waals surface area contributed by atoms with E-state index in [-0.39, 0.29) is 17.1 Å². The number of alkyl halides is 3. The first-order valence-electron chi connectivity index (χ1n) is 13.1. The van der Waals surface area contributed by atoms with Crippen LogP contribution in [0.25, 0.3) is 11.2 Å². The van der Waals surface area contributed by atoms with Gasteiger partial charge in [0.25, 0.3) is 12.0 Å². The molecule has 20 heteroatoms. The molecule has 3 rings (SSSR count). The molecule has 1 aliphatic rings. The number of H-pyrrole nitrogens is 1. The number of ether oxygens (including phenoxy) is 3. The van der Waals surface area contributed by atoms with Gasteiger partial charge in [-0.1, -0.05) is 0 Å². The Morgan fingerprint density at radius 1 is 1.19 bits per heavy atom. The number of hydrogen-bond donors (Lipinski definition) is 5. The highest BCUT2D eigenvalue weighted by Crippen LogP contribution is 2.48. The van der Waals surface area contributed by atoms with Gasteiger partial charge in [-0.3, -0.25) is 23.9 Å². The SMILES string of the molecule is CC(C)OC(=O)[C@H](C)NP(=S)(N[C@@H](C)C(=O)OC(C)C)OC[C@@]1(C(F)F)O[C@@H](n2cnc3c(=O)[nH]c(N)nc32)[C@@H](F)[C@@H]1O. The van der Waals surface area contributed by atoms with Gasteiger partial charge in [-0.25, -0.2) is 28.3 Å². The molecule has 0 aliphatic carbocycles. The Balaban J connectivity index is 1.94. The first-order chi connectivity index (χ1) is 19.9. The van der Waals surface area contributed by atoms with Crippen LogP contribution >= 0.6 is 6.57 Å². The van der Waals surface area contributed by atoms with Crippen molar-refractivity contribution in [2.24, 2.45) is 0 Å². The molecule has 1 aliphatic heterocycles. The van der Waals surface area contributed by atoms with Crippen molar-refractivity contribution in [1.29, 1.82) is 0 Å². The molecule has 0 radical (unpaired) electrons. The topological polar surface area (TPSA) is 205 Å². The molecule has 43 heavy (non-hydrogen) atoms. The number of aromatic nitrogens is 4. The maximum Gasteiger partial charge on any atom is 0.323 e. The standard InChI is InChI=1S/C23H35F3N7O8PS/c1-9(2)39-19(36)11(5)31-42(43,32-12(6)20(37)40-10(3)4)38-7-23(21(25)26)15(34)13(24)18(41-23)33-8-28-14-16(33)29-22(27)30-17(14)35/h8-13,15,18,21,34H,7H2,1-6H3,(H2,31,32,43)(H3,27,29,30,35)/t11-,12-,13-,15-,18+,23+/m0/s1. The van der Waals surface area contributed by atoms with E-state index in [0.717, 1.165) is 10.9 Å². The van der Waals surface area contributed by atoms with Crippen LogP contribution in [-0.2, 0) is 40.1 Å². The molecule has 1 saturated heterocycles. The number of rotatable bonds is 13. The van der Waals surface area contributed by atoms with E-state index in [2.05, 4.69) is 25.1 Å². The van der Waals surface area contributed by atoms with Gasteiger partial charge < -0.3 is 29.6 Å². The quantitative estimate of drug-likeness (QED) is 0.151. The zero-order valence-corrected chi connectivity index (χ0v) is 25.8. The van der Waals surface area contributed by atoms with Crippen LogP contribution in [0.15, 0.2) is 11.1 Å². The predicted molar refractivity (Wildman–Crippen MR) is 150 cm³/mol. The van der Waals surface area contributed by atoms with E-state index in [4.69, 9.17) is 36.3 Å². The predicted octanol–water partition coefficient (Wildman–Crippen LogP) is 1.03. The lowest BCUT2D eigenvalue weighted by atomic mass is 9.97. The summed E-state index contributed by atoms with van der Waals surface area (Å²) in [6.07, 6.45) is -10.5. The molecule has 2 aromatic rings. The van der Waals surface area contributed by atoms with Crippen LogP contribution in [0.2, 0.25) is 0 Å². The second-order valence-corrected chi connectivity index (χ2v) is 13.8. The summed E-state index contributed by atoms with van der Waals surface area (Å²) in [4.78, 5) is 47.0. The minimum atomic E-state index is -3.85. The molecule has 3 heterocycles. The summed E-state index contributed by atoms with van der Waals surface area (Å²) in [5.74, 6) is -1.87. The van der Waals surface area contributed by atoms with E-state index < -0.39 is 85.5 Å². The Morgan fingerprint density at radius 3 is 2.21 bits per heavy atom. The normalized spacial score (nSPS) is 24.2. The van der Waals surface area contributed by atoms with E-state index in [1.165, 1.54) is 13.8 Å². The van der Waals surface area contributed by atoms with Gasteiger partial charge >= 0.3 is 11.9 Å². The highest BCUT2D eigenvalue weighted by atomic mass is 32.4. The number of fused-ring (bicyclic) bond motifs is 1. The van der Waals surface area contributed by atoms with Crippen LogP contribution < -0.4 is 21.5 Å². The Kier molecular flexibility index (Phi) is 11.0. The van der Waals surface area contributed by atoms with Crippen LogP contribution in [-0.4, -0.2) is 91.8 Å². The number of esters is 2. The van der Waals surface area contributed by atoms with Crippen molar-refractivity contribution < 1.29 is 46.6 Å². The second-order valence-electron chi connectivity index (χ2n) is 10.4. The molecule has 6 N–H and O–H groups in total. The molecule has 0 spiro atoms. The third-order valence-corrected chi connectivity index (χ3v) is 9.01. The van der Waals surface area contributed by atoms with Crippen molar-refractivity contribution in [3.63, 3.8) is 0 Å². The molecule has 6 atom stereocenters. The lowest BCUT2D eigenvalue weighted by Crippen LogP contribution is -2.53. The summed E-state index contributed by atoms with van der Waals surface area (Å²) < 4.78 is 67.1. The van der Waals surface area contributed by atoms with Gasteiger partial charge in [0.05, 0.1) is 25.1 Å². The van der Waals surface area contributed by atoms with Crippen molar-refractivity contribution in [3.8, 4) is 0 Å². The van der Waals surface area contributed by atoms with Crippen molar-refractivity contribution >= 4 is 47.4 Å². The number of anilines is 1. The molecule has 0 amide bonds. The van der Waals surface area contributed by atoms with Gasteiger partial charge in [-0.2, -0.15) is 4.98 Å². The largest absolute Gasteiger partial charge is 0.462 e. The minimum absolute atomic E-state index is 0.279. The zero-order chi connectivity index (χ0) is 32.4. The number of aromatic amines is 1. The molecule has 0 unspecified atom stereocenters. The van der Waals surface area contributed by atoms with Gasteiger partial charge in [0.15, 0.2) is 35.7 Å². The first-order valence-corrected chi connectivity index (χ1v) is 15.8. The zero-order valence-electron chi connectivity index (χ0n) is 24.1. The average Bonchev–Trinajstić information content (AvgIpc) is 3.41. The molecule has 242 valence electrons. The number of nitrogens with one attached hydrogen (secondary N) is 3. The first kappa shape index (κ1) is 34.8. The number of carbonyl (C=O) groups is 2. The fourth-order valence-electron chi connectivity index (χ4n) is 4.08. The fourth-order valence-corrected chi connectivity index (χ4v) is 7.02. The van der Waals surface area contributed by atoms with Gasteiger partial charge in [-0.05, 0) is 53.3 Å². The van der Waals surface area contributed by atoms with E-state index >= 15 is 4.39 Å². The number of hydrogen-bond acceptors (Lipinski definition) is 12. The molecular weight excluding hydrogens is 622 g/mol. The lowest BCUT2D eigenvalue weighted by Gasteiger charge is -2.35. The molecule has 0 saturated carbocycles. The number of imidazole rings is 1. The Hall–Kier alpha value is -2.67. The van der Waals surface area contributed by atoms with Gasteiger partial charge in [0.2, 0.25) is 5.95 Å². The smallest absolute Gasteiger partial charge is 0.323 e. The maximum absolute atomic E-state index is 15.5. The third-order valence-electron chi connectivity index (χ3n) is 6.12. The van der Waals surface area contributed by atoms with Crippen molar-refractivity contribution in [2.75, 3.05) is 12.3 Å². The van der Waals surface area contributed by atoms with Gasteiger partial charge in [0.1, 0.15) is 18.2 Å². The number of carbonyl (C=O) groups excluding carboxylic acids is 2. The van der Waals surface area contributed by atoms with Crippen molar-refractivity contribution in [2.45, 2.75) is 96.4 Å². The van der Waals surface area contributed by atoms with Crippen molar-refractivity contribution in [3.05, 3.63) is 16.7 Å². The maximum atomic E-state index is 15.5. The number of halogens is 3. The summed E-state index contributed by atoms with van der Waals surface area (Å²) >= 11 is 5.56.